The van der Waals surface area contributed by atoms with Gasteiger partial charge in [0, 0.05) is 12.1 Å². The van der Waals surface area contributed by atoms with E-state index < -0.39 is 5.97 Å². The minimum atomic E-state index is -1.00. The zero-order valence-electron chi connectivity index (χ0n) is 16.5. The van der Waals surface area contributed by atoms with Crippen molar-refractivity contribution in [1.82, 2.24) is 0 Å². The number of phenols is 1. The molecule has 1 aromatic heterocycles. The van der Waals surface area contributed by atoms with Gasteiger partial charge in [-0.25, -0.2) is 4.79 Å². The van der Waals surface area contributed by atoms with Crippen LogP contribution in [0.25, 0.3) is 22.1 Å². The van der Waals surface area contributed by atoms with E-state index in [1.165, 1.54) is 30.5 Å². The Labute approximate surface area is 176 Å². The maximum absolute atomic E-state index is 12.9. The molecule has 156 valence electrons. The fourth-order valence-electron chi connectivity index (χ4n) is 3.17. The minimum Gasteiger partial charge on any atom is -0.507 e. The molecule has 7 nitrogen and oxygen atoms in total. The van der Waals surface area contributed by atoms with E-state index in [2.05, 4.69) is 0 Å². The molecule has 0 radical (unpaired) electrons. The van der Waals surface area contributed by atoms with Gasteiger partial charge in [0.15, 0.2) is 0 Å². The summed E-state index contributed by atoms with van der Waals surface area (Å²) in [5.74, 6) is -0.280. The number of rotatable bonds is 6. The lowest BCUT2D eigenvalue weighted by atomic mass is 10.0. The standard InChI is InChI=1S/C24H18O7/c1-29-17-8-6-15(7-9-17)19-13-31-21-11-18(10-20(25)22(21)23(19)26)30-12-14-2-4-16(5-3-14)24(27)28/h2-11,13,25H,12H2,1H3,(H,27,28). The van der Waals surface area contributed by atoms with Gasteiger partial charge in [-0.05, 0) is 35.4 Å². The molecule has 4 aromatic rings. The molecule has 31 heavy (non-hydrogen) atoms. The van der Waals surface area contributed by atoms with Crippen LogP contribution in [0.4, 0.5) is 0 Å². The van der Waals surface area contributed by atoms with Crippen LogP contribution in [-0.2, 0) is 6.61 Å². The molecule has 0 unspecified atom stereocenters. The number of phenolic OH excluding ortho intramolecular Hbond substituents is 1. The fraction of sp³-hybridized carbons (Fsp3) is 0.0833. The van der Waals surface area contributed by atoms with E-state index in [0.717, 1.165) is 5.56 Å². The van der Waals surface area contributed by atoms with Crippen LogP contribution in [0.5, 0.6) is 17.2 Å². The average molecular weight is 418 g/mol. The molecule has 1 heterocycles. The molecular weight excluding hydrogens is 400 g/mol. The summed E-state index contributed by atoms with van der Waals surface area (Å²) in [5, 5.41) is 19.5. The first kappa shape index (κ1) is 20.0. The number of aromatic hydroxyl groups is 1. The van der Waals surface area contributed by atoms with Gasteiger partial charge in [-0.3, -0.25) is 4.79 Å². The van der Waals surface area contributed by atoms with E-state index >= 15 is 0 Å². The van der Waals surface area contributed by atoms with Crippen molar-refractivity contribution in [2.45, 2.75) is 6.61 Å². The second kappa shape index (κ2) is 8.23. The third-order valence-corrected chi connectivity index (χ3v) is 4.84. The first-order chi connectivity index (χ1) is 15.0. The van der Waals surface area contributed by atoms with Gasteiger partial charge in [0.05, 0.1) is 18.2 Å². The Morgan fingerprint density at radius 1 is 1.00 bits per heavy atom. The summed E-state index contributed by atoms with van der Waals surface area (Å²) in [4.78, 5) is 23.9. The zero-order valence-corrected chi connectivity index (χ0v) is 16.5. The van der Waals surface area contributed by atoms with Crippen molar-refractivity contribution >= 4 is 16.9 Å². The molecule has 0 bridgehead atoms. The number of carboxylic acid groups (broad SMARTS) is 1. The van der Waals surface area contributed by atoms with Crippen molar-refractivity contribution in [2.24, 2.45) is 0 Å². The summed E-state index contributed by atoms with van der Waals surface area (Å²) in [6.07, 6.45) is 1.35. The van der Waals surface area contributed by atoms with Gasteiger partial charge >= 0.3 is 5.97 Å². The van der Waals surface area contributed by atoms with Crippen LogP contribution >= 0.6 is 0 Å². The van der Waals surface area contributed by atoms with Crippen molar-refractivity contribution in [3.05, 3.63) is 88.3 Å². The minimum absolute atomic E-state index is 0.0616. The van der Waals surface area contributed by atoms with Crippen molar-refractivity contribution in [3.8, 4) is 28.4 Å². The quantitative estimate of drug-likeness (QED) is 0.476. The van der Waals surface area contributed by atoms with E-state index in [0.29, 0.717) is 22.6 Å². The Kier molecular flexibility index (Phi) is 5.32. The largest absolute Gasteiger partial charge is 0.507 e. The molecule has 0 amide bonds. The number of fused-ring (bicyclic) bond motifs is 1. The molecule has 0 aliphatic carbocycles. The average Bonchev–Trinajstić information content (AvgIpc) is 2.78. The molecule has 0 atom stereocenters. The maximum atomic E-state index is 12.9. The summed E-state index contributed by atoms with van der Waals surface area (Å²) in [5.41, 5.74) is 1.72. The van der Waals surface area contributed by atoms with Crippen LogP contribution in [0, 0.1) is 0 Å². The Hall–Kier alpha value is -4.26. The summed E-state index contributed by atoms with van der Waals surface area (Å²) in [6.45, 7) is 0.152. The normalized spacial score (nSPS) is 10.7. The van der Waals surface area contributed by atoms with Crippen molar-refractivity contribution in [3.63, 3.8) is 0 Å². The molecule has 0 saturated carbocycles. The number of hydrogen-bond acceptors (Lipinski definition) is 6. The SMILES string of the molecule is COc1ccc(-c2coc3cc(OCc4ccc(C(=O)O)cc4)cc(O)c3c2=O)cc1. The van der Waals surface area contributed by atoms with E-state index in [4.69, 9.17) is 19.0 Å². The summed E-state index contributed by atoms with van der Waals surface area (Å²) in [6, 6.07) is 16.1. The van der Waals surface area contributed by atoms with Crippen LogP contribution in [0.1, 0.15) is 15.9 Å². The Balaban J connectivity index is 1.61. The van der Waals surface area contributed by atoms with Gasteiger partial charge in [0.1, 0.15) is 41.1 Å². The number of benzene rings is 3. The number of carboxylic acids is 1. The fourth-order valence-corrected chi connectivity index (χ4v) is 3.17. The predicted molar refractivity (Wildman–Crippen MR) is 114 cm³/mol. The highest BCUT2D eigenvalue weighted by Gasteiger charge is 2.15. The highest BCUT2D eigenvalue weighted by Crippen LogP contribution is 2.31. The molecule has 0 spiro atoms. The summed E-state index contributed by atoms with van der Waals surface area (Å²) in [7, 11) is 1.56. The van der Waals surface area contributed by atoms with Crippen molar-refractivity contribution in [1.29, 1.82) is 0 Å². The molecule has 0 aliphatic heterocycles. The highest BCUT2D eigenvalue weighted by atomic mass is 16.5. The first-order valence-corrected chi connectivity index (χ1v) is 9.34. The zero-order chi connectivity index (χ0) is 22.0. The van der Waals surface area contributed by atoms with Crippen LogP contribution in [-0.4, -0.2) is 23.3 Å². The lowest BCUT2D eigenvalue weighted by Gasteiger charge is -2.10. The van der Waals surface area contributed by atoms with Gasteiger partial charge in [0.2, 0.25) is 5.43 Å². The Bertz CT molecular complexity index is 1300. The number of hydrogen-bond donors (Lipinski definition) is 2. The molecule has 0 saturated heterocycles. The maximum Gasteiger partial charge on any atom is 0.335 e. The van der Waals surface area contributed by atoms with Gasteiger partial charge < -0.3 is 24.1 Å². The third kappa shape index (κ3) is 4.06. The Morgan fingerprint density at radius 3 is 2.35 bits per heavy atom. The van der Waals surface area contributed by atoms with Gasteiger partial charge in [-0.2, -0.15) is 0 Å². The number of carbonyl (C=O) groups is 1. The van der Waals surface area contributed by atoms with Crippen LogP contribution in [0.15, 0.2) is 76.1 Å². The topological polar surface area (TPSA) is 106 Å². The second-order valence-electron chi connectivity index (χ2n) is 6.81. The highest BCUT2D eigenvalue weighted by molar-refractivity contribution is 5.88. The van der Waals surface area contributed by atoms with Crippen LogP contribution in [0.3, 0.4) is 0 Å². The van der Waals surface area contributed by atoms with Crippen molar-refractivity contribution < 1.29 is 28.9 Å². The molecule has 3 aromatic carbocycles. The summed E-state index contributed by atoms with van der Waals surface area (Å²) >= 11 is 0. The predicted octanol–water partition coefficient (Wildman–Crippen LogP) is 4.45. The smallest absolute Gasteiger partial charge is 0.335 e. The first-order valence-electron chi connectivity index (χ1n) is 9.34. The van der Waals surface area contributed by atoms with E-state index in [-0.39, 0.29) is 34.3 Å². The van der Waals surface area contributed by atoms with Gasteiger partial charge in [0.25, 0.3) is 0 Å². The summed E-state index contributed by atoms with van der Waals surface area (Å²) < 4.78 is 16.4. The van der Waals surface area contributed by atoms with Gasteiger partial charge in [-0.1, -0.05) is 24.3 Å². The Morgan fingerprint density at radius 2 is 1.71 bits per heavy atom. The second-order valence-corrected chi connectivity index (χ2v) is 6.81. The molecule has 0 aliphatic rings. The van der Waals surface area contributed by atoms with E-state index in [9.17, 15) is 14.7 Å². The van der Waals surface area contributed by atoms with Crippen LogP contribution < -0.4 is 14.9 Å². The van der Waals surface area contributed by atoms with E-state index in [1.807, 2.05) is 0 Å². The lowest BCUT2D eigenvalue weighted by Crippen LogP contribution is -2.05. The number of ether oxygens (including phenoxy) is 2. The molecule has 7 heteroatoms. The van der Waals surface area contributed by atoms with Crippen LogP contribution in [0.2, 0.25) is 0 Å². The number of methoxy groups -OCH3 is 1. The van der Waals surface area contributed by atoms with Gasteiger partial charge in [-0.15, -0.1) is 0 Å². The molecular formula is C24H18O7. The number of aromatic carboxylic acids is 1. The van der Waals surface area contributed by atoms with E-state index in [1.54, 1.807) is 43.5 Å². The lowest BCUT2D eigenvalue weighted by molar-refractivity contribution is 0.0697. The third-order valence-electron chi connectivity index (χ3n) is 4.84. The molecule has 4 rings (SSSR count). The molecule has 0 fully saturated rings. The molecule has 2 N–H and O–H groups in total. The monoisotopic (exact) mass is 418 g/mol. The van der Waals surface area contributed by atoms with Crippen molar-refractivity contribution in [2.75, 3.05) is 7.11 Å².